The minimum absolute atomic E-state index is 0.361. The maximum atomic E-state index is 12.1. The van der Waals surface area contributed by atoms with Gasteiger partial charge in [-0.2, -0.15) is 0 Å². The molecule has 1 N–H and O–H groups in total. The molecule has 3 rings (SSSR count). The van der Waals surface area contributed by atoms with Gasteiger partial charge in [-0.15, -0.1) is 0 Å². The van der Waals surface area contributed by atoms with Gasteiger partial charge in [0, 0.05) is 18.2 Å². The molecule has 6 heteroatoms. The van der Waals surface area contributed by atoms with Crippen LogP contribution >= 0.6 is 0 Å². The van der Waals surface area contributed by atoms with Crippen molar-refractivity contribution < 1.29 is 23.8 Å². The SMILES string of the molecule is Cc1ccc(C(=O)OCC(=O)Nc2ccc3c(c2)OCCCO3)cc1C. The second-order valence-electron chi connectivity index (χ2n) is 6.14. The Morgan fingerprint density at radius 1 is 1.00 bits per heavy atom. The molecule has 0 atom stereocenters. The quantitative estimate of drug-likeness (QED) is 0.852. The Labute approximate surface area is 152 Å². The first-order valence-corrected chi connectivity index (χ1v) is 8.47. The summed E-state index contributed by atoms with van der Waals surface area (Å²) in [5, 5.41) is 2.69. The third kappa shape index (κ3) is 4.33. The lowest BCUT2D eigenvalue weighted by atomic mass is 10.1. The van der Waals surface area contributed by atoms with E-state index in [-0.39, 0.29) is 6.61 Å². The lowest BCUT2D eigenvalue weighted by Gasteiger charge is -2.11. The molecule has 1 amide bonds. The number of hydrogen-bond donors (Lipinski definition) is 1. The zero-order valence-electron chi connectivity index (χ0n) is 14.8. The topological polar surface area (TPSA) is 73.9 Å². The highest BCUT2D eigenvalue weighted by molar-refractivity contribution is 5.95. The summed E-state index contributed by atoms with van der Waals surface area (Å²) in [6, 6.07) is 10.5. The second kappa shape index (κ2) is 7.91. The van der Waals surface area contributed by atoms with Crippen LogP contribution in [0.5, 0.6) is 11.5 Å². The highest BCUT2D eigenvalue weighted by Crippen LogP contribution is 2.32. The van der Waals surface area contributed by atoms with Crippen LogP contribution in [0.25, 0.3) is 0 Å². The highest BCUT2D eigenvalue weighted by Gasteiger charge is 2.14. The molecule has 0 spiro atoms. The maximum Gasteiger partial charge on any atom is 0.338 e. The van der Waals surface area contributed by atoms with Gasteiger partial charge in [0.05, 0.1) is 18.8 Å². The number of fused-ring (bicyclic) bond motifs is 1. The molecule has 136 valence electrons. The number of carbonyl (C=O) groups excluding carboxylic acids is 2. The molecule has 1 aliphatic rings. The summed E-state index contributed by atoms with van der Waals surface area (Å²) in [6.07, 6.45) is 0.810. The van der Waals surface area contributed by atoms with Crippen molar-refractivity contribution in [2.24, 2.45) is 0 Å². The number of rotatable bonds is 4. The lowest BCUT2D eigenvalue weighted by Crippen LogP contribution is -2.21. The molecule has 0 radical (unpaired) electrons. The van der Waals surface area contributed by atoms with Crippen molar-refractivity contribution in [1.29, 1.82) is 0 Å². The van der Waals surface area contributed by atoms with Crippen molar-refractivity contribution in [3.05, 3.63) is 53.1 Å². The van der Waals surface area contributed by atoms with E-state index in [1.165, 1.54) is 0 Å². The van der Waals surface area contributed by atoms with E-state index in [1.54, 1.807) is 30.3 Å². The summed E-state index contributed by atoms with van der Waals surface area (Å²) >= 11 is 0. The highest BCUT2D eigenvalue weighted by atomic mass is 16.5. The summed E-state index contributed by atoms with van der Waals surface area (Å²) < 4.78 is 16.2. The summed E-state index contributed by atoms with van der Waals surface area (Å²) in [5.74, 6) is 0.299. The van der Waals surface area contributed by atoms with E-state index in [2.05, 4.69) is 5.32 Å². The monoisotopic (exact) mass is 355 g/mol. The van der Waals surface area contributed by atoms with E-state index >= 15 is 0 Å². The summed E-state index contributed by atoms with van der Waals surface area (Å²) in [7, 11) is 0. The molecule has 1 aliphatic heterocycles. The Balaban J connectivity index is 1.56. The van der Waals surface area contributed by atoms with Crippen LogP contribution in [0, 0.1) is 13.8 Å². The summed E-state index contributed by atoms with van der Waals surface area (Å²) in [4.78, 5) is 24.1. The van der Waals surface area contributed by atoms with Gasteiger partial charge in [-0.25, -0.2) is 4.79 Å². The van der Waals surface area contributed by atoms with Gasteiger partial charge in [-0.05, 0) is 49.2 Å². The predicted octanol–water partition coefficient (Wildman–Crippen LogP) is 3.26. The molecule has 0 fully saturated rings. The van der Waals surface area contributed by atoms with Crippen LogP contribution in [0.3, 0.4) is 0 Å². The van der Waals surface area contributed by atoms with Crippen molar-refractivity contribution in [1.82, 2.24) is 0 Å². The zero-order chi connectivity index (χ0) is 18.5. The Kier molecular flexibility index (Phi) is 5.41. The van der Waals surface area contributed by atoms with Gasteiger partial charge in [-0.1, -0.05) is 6.07 Å². The molecule has 2 aromatic carbocycles. The first-order valence-electron chi connectivity index (χ1n) is 8.47. The van der Waals surface area contributed by atoms with Crippen LogP contribution in [0.15, 0.2) is 36.4 Å². The standard InChI is InChI=1S/C20H21NO5/c1-13-4-5-15(10-14(13)2)20(23)26-12-19(22)21-16-6-7-17-18(11-16)25-9-3-8-24-17/h4-7,10-11H,3,8-9,12H2,1-2H3,(H,21,22). The van der Waals surface area contributed by atoms with Crippen molar-refractivity contribution in [3.8, 4) is 11.5 Å². The molecule has 26 heavy (non-hydrogen) atoms. The van der Waals surface area contributed by atoms with Crippen LogP contribution in [-0.2, 0) is 9.53 Å². The van der Waals surface area contributed by atoms with Gasteiger partial charge >= 0.3 is 5.97 Å². The van der Waals surface area contributed by atoms with Crippen LogP contribution < -0.4 is 14.8 Å². The van der Waals surface area contributed by atoms with E-state index in [0.29, 0.717) is 36.0 Å². The number of benzene rings is 2. The second-order valence-corrected chi connectivity index (χ2v) is 6.14. The number of nitrogens with one attached hydrogen (secondary N) is 1. The first-order chi connectivity index (χ1) is 12.5. The number of carbonyl (C=O) groups is 2. The van der Waals surface area contributed by atoms with Crippen LogP contribution in [0.1, 0.15) is 27.9 Å². The van der Waals surface area contributed by atoms with Crippen LogP contribution in [0.2, 0.25) is 0 Å². The number of esters is 1. The Morgan fingerprint density at radius 2 is 1.77 bits per heavy atom. The number of ether oxygens (including phenoxy) is 3. The molecule has 6 nitrogen and oxygen atoms in total. The maximum absolute atomic E-state index is 12.1. The van der Waals surface area contributed by atoms with Crippen molar-refractivity contribution in [2.45, 2.75) is 20.3 Å². The number of amides is 1. The van der Waals surface area contributed by atoms with E-state index in [1.807, 2.05) is 19.9 Å². The van der Waals surface area contributed by atoms with Crippen molar-refractivity contribution in [2.75, 3.05) is 25.1 Å². The molecule has 0 bridgehead atoms. The average molecular weight is 355 g/mol. The van der Waals surface area contributed by atoms with Crippen molar-refractivity contribution >= 4 is 17.6 Å². The predicted molar refractivity (Wildman–Crippen MR) is 96.9 cm³/mol. The molecule has 0 aliphatic carbocycles. The molecular weight excluding hydrogens is 334 g/mol. The fraction of sp³-hybridized carbons (Fsp3) is 0.300. The molecule has 0 saturated heterocycles. The zero-order valence-corrected chi connectivity index (χ0v) is 14.8. The van der Waals surface area contributed by atoms with Gasteiger partial charge in [0.1, 0.15) is 0 Å². The first kappa shape index (κ1) is 17.8. The van der Waals surface area contributed by atoms with E-state index in [9.17, 15) is 9.59 Å². The summed E-state index contributed by atoms with van der Waals surface area (Å²) in [5.41, 5.74) is 3.07. The third-order valence-corrected chi connectivity index (χ3v) is 4.11. The Hall–Kier alpha value is -3.02. The molecule has 1 heterocycles. The fourth-order valence-corrected chi connectivity index (χ4v) is 2.52. The molecule has 0 saturated carbocycles. The van der Waals surface area contributed by atoms with E-state index in [0.717, 1.165) is 17.5 Å². The van der Waals surface area contributed by atoms with Gasteiger partial charge in [0.25, 0.3) is 5.91 Å². The minimum Gasteiger partial charge on any atom is -0.490 e. The van der Waals surface area contributed by atoms with Gasteiger partial charge in [0.2, 0.25) is 0 Å². The smallest absolute Gasteiger partial charge is 0.338 e. The van der Waals surface area contributed by atoms with E-state index in [4.69, 9.17) is 14.2 Å². The Bertz CT molecular complexity index is 831. The molecule has 0 unspecified atom stereocenters. The van der Waals surface area contributed by atoms with Crippen LogP contribution in [0.4, 0.5) is 5.69 Å². The normalized spacial score (nSPS) is 12.8. The van der Waals surface area contributed by atoms with Gasteiger partial charge in [0.15, 0.2) is 18.1 Å². The average Bonchev–Trinajstić information content (AvgIpc) is 2.87. The summed E-state index contributed by atoms with van der Waals surface area (Å²) in [6.45, 7) is 4.70. The largest absolute Gasteiger partial charge is 0.490 e. The fourth-order valence-electron chi connectivity index (χ4n) is 2.52. The molecule has 2 aromatic rings. The lowest BCUT2D eigenvalue weighted by molar-refractivity contribution is -0.119. The molecule has 0 aromatic heterocycles. The van der Waals surface area contributed by atoms with E-state index < -0.39 is 11.9 Å². The molecular formula is C20H21NO5. The van der Waals surface area contributed by atoms with Crippen molar-refractivity contribution in [3.63, 3.8) is 0 Å². The number of anilines is 1. The number of aryl methyl sites for hydroxylation is 2. The van der Waals surface area contributed by atoms with Crippen LogP contribution in [-0.4, -0.2) is 31.7 Å². The number of hydrogen-bond acceptors (Lipinski definition) is 5. The third-order valence-electron chi connectivity index (χ3n) is 4.11. The minimum atomic E-state index is -0.526. The Morgan fingerprint density at radius 3 is 2.54 bits per heavy atom. The van der Waals surface area contributed by atoms with Gasteiger partial charge < -0.3 is 19.5 Å². The van der Waals surface area contributed by atoms with Gasteiger partial charge in [-0.3, -0.25) is 4.79 Å².